The summed E-state index contributed by atoms with van der Waals surface area (Å²) in [5.41, 5.74) is 1.95. The number of amides is 2. The van der Waals surface area contributed by atoms with E-state index < -0.39 is 20.4 Å². The molecule has 0 aliphatic rings. The number of carbonyl (C=O) groups excluding carboxylic acids is 1. The Morgan fingerprint density at radius 3 is 1.25 bits per heavy atom. The lowest BCUT2D eigenvalue weighted by molar-refractivity contribution is 0.258. The highest BCUT2D eigenvalue weighted by molar-refractivity contribution is 8.35. The van der Waals surface area contributed by atoms with E-state index in [4.69, 9.17) is 0 Å². The minimum atomic E-state index is -1.42. The minimum Gasteiger partial charge on any atom is -0.254 e. The van der Waals surface area contributed by atoms with Crippen LogP contribution < -0.4 is 8.61 Å². The molecular formula is C27H32N2OS2. The molecule has 32 heavy (non-hydrogen) atoms. The van der Waals surface area contributed by atoms with Crippen molar-refractivity contribution in [2.45, 2.75) is 0 Å². The first-order chi connectivity index (χ1) is 15.1. The van der Waals surface area contributed by atoms with E-state index in [-0.39, 0.29) is 6.03 Å². The van der Waals surface area contributed by atoms with Crippen molar-refractivity contribution in [1.82, 2.24) is 0 Å². The van der Waals surface area contributed by atoms with E-state index in [0.717, 1.165) is 32.9 Å². The molecule has 0 aromatic heterocycles. The first kappa shape index (κ1) is 22.6. The lowest BCUT2D eigenvalue weighted by Crippen LogP contribution is -2.45. The van der Waals surface area contributed by atoms with Gasteiger partial charge in [-0.25, -0.2) is 4.79 Å². The maximum atomic E-state index is 14.5. The molecule has 0 aliphatic heterocycles. The molecule has 0 saturated heterocycles. The smallest absolute Gasteiger partial charge is 0.254 e. The van der Waals surface area contributed by atoms with Gasteiger partial charge in [-0.15, -0.1) is 0 Å². The minimum absolute atomic E-state index is 0.0442. The number of anilines is 2. The van der Waals surface area contributed by atoms with Gasteiger partial charge < -0.3 is 0 Å². The summed E-state index contributed by atoms with van der Waals surface area (Å²) < 4.78 is 4.10. The van der Waals surface area contributed by atoms with E-state index in [0.29, 0.717) is 0 Å². The highest BCUT2D eigenvalue weighted by atomic mass is 32.3. The Bertz CT molecular complexity index is 1180. The summed E-state index contributed by atoms with van der Waals surface area (Å²) in [7, 11) is -2.84. The molecule has 5 heteroatoms. The van der Waals surface area contributed by atoms with Gasteiger partial charge in [-0.3, -0.25) is 8.61 Å². The van der Waals surface area contributed by atoms with E-state index >= 15 is 0 Å². The highest BCUT2D eigenvalue weighted by Crippen LogP contribution is 2.52. The Balaban J connectivity index is 1.95. The molecule has 0 heterocycles. The van der Waals surface area contributed by atoms with Gasteiger partial charge in [0.05, 0.1) is 11.4 Å². The molecule has 0 saturated carbocycles. The molecule has 2 amide bonds. The number of carbonyl (C=O) groups is 1. The zero-order valence-corrected chi connectivity index (χ0v) is 21.3. The number of urea groups is 1. The molecule has 0 spiro atoms. The van der Waals surface area contributed by atoms with Gasteiger partial charge in [0.15, 0.2) is 0 Å². The fourth-order valence-corrected chi connectivity index (χ4v) is 6.77. The Morgan fingerprint density at radius 2 is 0.875 bits per heavy atom. The fraction of sp³-hybridized carbons (Fsp3) is 0.222. The van der Waals surface area contributed by atoms with E-state index in [9.17, 15) is 4.79 Å². The summed E-state index contributed by atoms with van der Waals surface area (Å²) in [6, 6.07) is 29.1. The molecule has 0 unspecified atom stereocenters. The summed E-state index contributed by atoms with van der Waals surface area (Å²) in [4.78, 5) is 14.5. The van der Waals surface area contributed by atoms with Gasteiger partial charge in [-0.2, -0.15) is 20.4 Å². The van der Waals surface area contributed by atoms with Crippen molar-refractivity contribution in [3.8, 4) is 0 Å². The Labute approximate surface area is 194 Å². The van der Waals surface area contributed by atoms with Crippen LogP contribution in [-0.2, 0) is 0 Å². The van der Waals surface area contributed by atoms with Crippen LogP contribution in [0.15, 0.2) is 84.9 Å². The van der Waals surface area contributed by atoms with Crippen molar-refractivity contribution in [3.63, 3.8) is 0 Å². The second-order valence-electron chi connectivity index (χ2n) is 9.41. The van der Waals surface area contributed by atoms with Gasteiger partial charge in [0.25, 0.3) is 0 Å². The van der Waals surface area contributed by atoms with Crippen molar-refractivity contribution < 1.29 is 4.79 Å². The number of benzene rings is 4. The van der Waals surface area contributed by atoms with Gasteiger partial charge in [-0.1, -0.05) is 72.8 Å². The summed E-state index contributed by atoms with van der Waals surface area (Å²) >= 11 is 0. The molecule has 4 aromatic carbocycles. The topological polar surface area (TPSA) is 23.6 Å². The maximum absolute atomic E-state index is 14.5. The van der Waals surface area contributed by atoms with E-state index in [2.05, 4.69) is 107 Å². The monoisotopic (exact) mass is 464 g/mol. The van der Waals surface area contributed by atoms with Crippen LogP contribution in [0, 0.1) is 0 Å². The molecule has 0 fully saturated rings. The van der Waals surface area contributed by atoms with Crippen molar-refractivity contribution in [1.29, 1.82) is 0 Å². The molecule has 0 N–H and O–H groups in total. The van der Waals surface area contributed by atoms with Crippen LogP contribution >= 0.6 is 20.4 Å². The lowest BCUT2D eigenvalue weighted by Gasteiger charge is -2.48. The van der Waals surface area contributed by atoms with Crippen molar-refractivity contribution >= 4 is 59.4 Å². The summed E-state index contributed by atoms with van der Waals surface area (Å²) in [5, 5.41) is 4.50. The van der Waals surface area contributed by atoms with Crippen LogP contribution in [0.5, 0.6) is 0 Å². The number of rotatable bonds is 4. The summed E-state index contributed by atoms with van der Waals surface area (Å²) in [5.74, 6) is 0. The molecule has 0 bridgehead atoms. The first-order valence-electron chi connectivity index (χ1n) is 10.6. The Kier molecular flexibility index (Phi) is 5.91. The van der Waals surface area contributed by atoms with Crippen LogP contribution in [0.4, 0.5) is 16.2 Å². The van der Waals surface area contributed by atoms with Crippen molar-refractivity contribution in [3.05, 3.63) is 84.9 Å². The molecule has 0 aliphatic carbocycles. The second-order valence-corrected chi connectivity index (χ2v) is 17.2. The maximum Gasteiger partial charge on any atom is 0.346 e. The third-order valence-corrected chi connectivity index (χ3v) is 8.31. The van der Waals surface area contributed by atoms with Crippen LogP contribution in [-0.4, -0.2) is 43.6 Å². The van der Waals surface area contributed by atoms with Gasteiger partial charge in [0.1, 0.15) is 0 Å². The third kappa shape index (κ3) is 4.19. The van der Waals surface area contributed by atoms with Crippen molar-refractivity contribution in [2.75, 3.05) is 46.1 Å². The number of hydrogen-bond acceptors (Lipinski definition) is 1. The van der Waals surface area contributed by atoms with E-state index in [1.54, 1.807) is 0 Å². The van der Waals surface area contributed by atoms with Gasteiger partial charge in [-0.05, 0) is 60.4 Å². The van der Waals surface area contributed by atoms with E-state index in [1.807, 2.05) is 24.3 Å². The zero-order chi connectivity index (χ0) is 23.1. The second kappa shape index (κ2) is 8.38. The van der Waals surface area contributed by atoms with Crippen LogP contribution in [0.3, 0.4) is 0 Å². The molecule has 4 aromatic rings. The average molecular weight is 465 g/mol. The Hall–Kier alpha value is -2.63. The molecule has 0 atom stereocenters. The fourth-order valence-electron chi connectivity index (χ4n) is 4.12. The summed E-state index contributed by atoms with van der Waals surface area (Å²) in [6.07, 6.45) is 13.1. The van der Waals surface area contributed by atoms with Crippen molar-refractivity contribution in [2.24, 2.45) is 0 Å². The highest BCUT2D eigenvalue weighted by Gasteiger charge is 2.35. The predicted molar refractivity (Wildman–Crippen MR) is 149 cm³/mol. The molecule has 0 radical (unpaired) electrons. The van der Waals surface area contributed by atoms with Gasteiger partial charge >= 0.3 is 6.03 Å². The normalized spacial score (nSPS) is 13.2. The van der Waals surface area contributed by atoms with Crippen LogP contribution in [0.2, 0.25) is 0 Å². The first-order valence-corrected chi connectivity index (χ1v) is 16.2. The number of nitrogens with zero attached hydrogens (tertiary/aromatic N) is 2. The molecule has 4 rings (SSSR count). The molecule has 168 valence electrons. The average Bonchev–Trinajstić information content (AvgIpc) is 2.72. The van der Waals surface area contributed by atoms with Crippen LogP contribution in [0.1, 0.15) is 0 Å². The quantitative estimate of drug-likeness (QED) is 0.304. The SMILES string of the molecule is CS(C)(C)N(C(=O)N(c1cccc2ccccc12)S(C)(C)C)c1cccc2ccccc12. The largest absolute Gasteiger partial charge is 0.346 e. The zero-order valence-electron chi connectivity index (χ0n) is 19.7. The van der Waals surface area contributed by atoms with Gasteiger partial charge in [0.2, 0.25) is 0 Å². The lowest BCUT2D eigenvalue weighted by atomic mass is 10.1. The van der Waals surface area contributed by atoms with Gasteiger partial charge in [0, 0.05) is 10.8 Å². The van der Waals surface area contributed by atoms with Crippen LogP contribution in [0.25, 0.3) is 21.5 Å². The third-order valence-electron chi connectivity index (χ3n) is 5.41. The molecular weight excluding hydrogens is 432 g/mol. The molecule has 3 nitrogen and oxygen atoms in total. The summed E-state index contributed by atoms with van der Waals surface area (Å²) in [6.45, 7) is 0. The predicted octanol–water partition coefficient (Wildman–Crippen LogP) is 7.64. The van der Waals surface area contributed by atoms with E-state index in [1.165, 1.54) is 0 Å². The number of fused-ring (bicyclic) bond motifs is 2. The Morgan fingerprint density at radius 1 is 0.531 bits per heavy atom. The number of hydrogen-bond donors (Lipinski definition) is 0. The standard InChI is InChI=1S/C27H32N2OS2/c1-31(2,3)28(25-19-11-15-21-13-7-9-17-23(21)25)27(30)29(32(4,5)6)26-20-12-16-22-14-8-10-18-24(22)26/h7-20H,1-6H3.